The number of nitrogens with zero attached hydrogens (tertiary/aromatic N) is 1. The molecule has 0 saturated carbocycles. The van der Waals surface area contributed by atoms with Gasteiger partial charge in [0.05, 0.1) is 45.2 Å². The van der Waals surface area contributed by atoms with Crippen molar-refractivity contribution in [3.05, 3.63) is 217 Å². The van der Waals surface area contributed by atoms with Gasteiger partial charge in [0.1, 0.15) is 11.2 Å². The zero-order chi connectivity index (χ0) is 72.3. The summed E-state index contributed by atoms with van der Waals surface area (Å²) in [6, 6.07) is -34.7. The van der Waals surface area contributed by atoms with Crippen LogP contribution in [0, 0.1) is 0 Å². The first-order valence-corrected chi connectivity index (χ1v) is 16.2. The zero-order valence-corrected chi connectivity index (χ0v) is 28.7. The Hall–Kier alpha value is -7.16. The Morgan fingerprint density at radius 3 is 1.93 bits per heavy atom. The summed E-state index contributed by atoms with van der Waals surface area (Å²) >= 11 is 0. The summed E-state index contributed by atoms with van der Waals surface area (Å²) in [6.07, 6.45) is 0. The molecule has 0 amide bonds. The summed E-state index contributed by atoms with van der Waals surface area (Å²) in [4.78, 5) is 0.0971. The highest BCUT2D eigenvalue weighted by molar-refractivity contribution is 6.14. The molecule has 0 bridgehead atoms. The van der Waals surface area contributed by atoms with E-state index in [-0.39, 0.29) is 18.0 Å². The van der Waals surface area contributed by atoms with E-state index in [1.54, 1.807) is 0 Å². The fourth-order valence-corrected chi connectivity index (χ4v) is 6.15. The highest BCUT2D eigenvalue weighted by Gasteiger charge is 2.37. The van der Waals surface area contributed by atoms with E-state index in [0.29, 0.717) is 13.1 Å². The highest BCUT2D eigenvalue weighted by atomic mass is 16.3. The van der Waals surface area contributed by atoms with Gasteiger partial charge in [0, 0.05) is 52.6 Å². The Kier molecular flexibility index (Phi) is 3.15. The molecule has 0 aliphatic heterocycles. The van der Waals surface area contributed by atoms with Gasteiger partial charge in [0.15, 0.2) is 0 Å². The van der Waals surface area contributed by atoms with Gasteiger partial charge in [-0.3, -0.25) is 0 Å². The Balaban J connectivity index is 1.53. The topological polar surface area (TPSA) is 16.4 Å². The molecule has 1 aliphatic carbocycles. The van der Waals surface area contributed by atoms with Crippen molar-refractivity contribution in [3.8, 4) is 33.4 Å². The van der Waals surface area contributed by atoms with E-state index in [9.17, 15) is 19.2 Å². The number of fused-ring (bicyclic) bond motifs is 4. The minimum Gasteiger partial charge on any atom is -0.455 e. The lowest BCUT2D eigenvalue weighted by molar-refractivity contribution is 0.661. The minimum atomic E-state index is -4.11. The molecule has 1 aliphatic rings. The summed E-state index contributed by atoms with van der Waals surface area (Å²) < 4.78 is 357. The SMILES string of the molecule is [2H]C=C([2H])/C([2H])=C1\C(=C[2H])c2c([2H])c([2H])c(N(c3c([2H])c([2H])c(-c4c([2H])c([2H])c([2H])c([2H])c4[2H])c([2H])c3[2H])c3c([2H])c([2H])c(-c4c([2H])c([2H])c([2H])c5c4oc4c(C([2H])=C[2H])c(C([2H])=C[2H])c(-c6c([2H])c([2H])c([2H])c([2H])c6[2H])c([2H])c45)c([2H])c3[2H])c([2H])c2C1(C([2H])([2H])[2H])C([2H])([2H])[2H]. The molecule has 9 rings (SSSR count). The van der Waals surface area contributed by atoms with Crippen LogP contribution < -0.4 is 4.90 Å². The molecular formula is C55H43NO. The average molecular weight is 773 g/mol. The van der Waals surface area contributed by atoms with Gasteiger partial charge in [-0.2, -0.15) is 0 Å². The van der Waals surface area contributed by atoms with Crippen LogP contribution in [0.25, 0.3) is 73.0 Å². The number of allylic oxidation sites excluding steroid dienone is 4. The number of anilines is 3. The maximum Gasteiger partial charge on any atom is 0.143 e. The molecule has 57 heavy (non-hydrogen) atoms. The largest absolute Gasteiger partial charge is 0.455 e. The minimum absolute atomic E-state index is 0.0971. The normalized spacial score (nSPS) is 26.0. The lowest BCUT2D eigenvalue weighted by Crippen LogP contribution is -2.16. The molecule has 1 aromatic heterocycles. The van der Waals surface area contributed by atoms with E-state index in [1.165, 1.54) is 0 Å². The molecule has 0 atom stereocenters. The zero-order valence-electron chi connectivity index (χ0n) is 67.7. The van der Waals surface area contributed by atoms with Crippen LogP contribution in [0.3, 0.4) is 0 Å². The monoisotopic (exact) mass is 773 g/mol. The van der Waals surface area contributed by atoms with E-state index in [2.05, 4.69) is 0 Å². The van der Waals surface area contributed by atoms with Crippen LogP contribution in [0.4, 0.5) is 17.1 Å². The summed E-state index contributed by atoms with van der Waals surface area (Å²) in [6.45, 7) is -7.06. The molecule has 0 fully saturated rings. The smallest absolute Gasteiger partial charge is 0.143 e. The van der Waals surface area contributed by atoms with Gasteiger partial charge in [-0.05, 0) is 98.0 Å². The lowest BCUT2D eigenvalue weighted by Gasteiger charge is -2.28. The molecule has 8 aromatic rings. The first kappa shape index (κ1) is 12.7. The predicted octanol–water partition coefficient (Wildman–Crippen LogP) is 15.8. The van der Waals surface area contributed by atoms with Gasteiger partial charge >= 0.3 is 0 Å². The molecule has 274 valence electrons. The Morgan fingerprint density at radius 2 is 1.25 bits per heavy atom. The van der Waals surface area contributed by atoms with Crippen LogP contribution in [-0.2, 0) is 5.41 Å². The van der Waals surface area contributed by atoms with Gasteiger partial charge in [0.2, 0.25) is 0 Å². The summed E-state index contributed by atoms with van der Waals surface area (Å²) in [5.41, 5.74) is -21.7. The number of benzene rings is 7. The second-order valence-corrected chi connectivity index (χ2v) is 11.9. The van der Waals surface area contributed by atoms with Crippen molar-refractivity contribution < 1.29 is 57.9 Å². The maximum absolute atomic E-state index is 10.1. The Bertz CT molecular complexity index is 4870. The first-order chi connectivity index (χ1) is 44.4. The average Bonchev–Trinajstić information content (AvgIpc) is 1.48. The fourth-order valence-electron chi connectivity index (χ4n) is 6.15. The summed E-state index contributed by atoms with van der Waals surface area (Å²) in [7, 11) is 0. The van der Waals surface area contributed by atoms with E-state index in [4.69, 9.17) is 38.7 Å². The van der Waals surface area contributed by atoms with Gasteiger partial charge in [-0.25, -0.2) is 0 Å². The van der Waals surface area contributed by atoms with Crippen molar-refractivity contribution in [3.63, 3.8) is 0 Å². The maximum atomic E-state index is 10.1. The van der Waals surface area contributed by atoms with Crippen molar-refractivity contribution in [1.29, 1.82) is 0 Å². The van der Waals surface area contributed by atoms with Gasteiger partial charge < -0.3 is 9.32 Å². The molecule has 0 N–H and O–H groups in total. The molecule has 0 radical (unpaired) electrons. The van der Waals surface area contributed by atoms with Crippen molar-refractivity contribution in [2.45, 2.75) is 19.1 Å². The molecule has 7 aromatic carbocycles. The highest BCUT2D eigenvalue weighted by Crippen LogP contribution is 2.51. The third-order valence-electron chi connectivity index (χ3n) is 8.71. The predicted molar refractivity (Wildman–Crippen MR) is 245 cm³/mol. The number of hydrogen-bond donors (Lipinski definition) is 0. The van der Waals surface area contributed by atoms with E-state index in [0.717, 1.165) is 0 Å². The molecule has 0 unspecified atom stereocenters. The lowest BCUT2D eigenvalue weighted by atomic mass is 9.82. The summed E-state index contributed by atoms with van der Waals surface area (Å²) in [5, 5.41) is -1.47. The van der Waals surface area contributed by atoms with Crippen molar-refractivity contribution in [2.24, 2.45) is 0 Å². The third-order valence-corrected chi connectivity index (χ3v) is 8.71. The fraction of sp³-hybridized carbons (Fsp3) is 0.0545. The molecule has 0 saturated heterocycles. The van der Waals surface area contributed by atoms with Crippen molar-refractivity contribution in [2.75, 3.05) is 4.90 Å². The Morgan fingerprint density at radius 1 is 0.596 bits per heavy atom. The third kappa shape index (κ3) is 5.89. The second kappa shape index (κ2) is 14.2. The van der Waals surface area contributed by atoms with Crippen LogP contribution in [0.5, 0.6) is 0 Å². The van der Waals surface area contributed by atoms with Crippen molar-refractivity contribution >= 4 is 56.7 Å². The van der Waals surface area contributed by atoms with E-state index < -0.39 is 300 Å². The number of furan rings is 1. The number of rotatable bonds is 9. The van der Waals surface area contributed by atoms with E-state index in [1.807, 2.05) is 0 Å². The van der Waals surface area contributed by atoms with Gasteiger partial charge in [-0.15, -0.1) is 0 Å². The number of para-hydroxylation sites is 1. The molecule has 1 heterocycles. The second-order valence-electron chi connectivity index (χ2n) is 11.9. The first-order valence-electron chi connectivity index (χ1n) is 36.0. The molecular weight excluding hydrogens is 691 g/mol. The molecule has 0 spiro atoms. The van der Waals surface area contributed by atoms with Crippen LogP contribution >= 0.6 is 0 Å². The van der Waals surface area contributed by atoms with E-state index >= 15 is 0 Å². The van der Waals surface area contributed by atoms with Crippen LogP contribution in [0.1, 0.15) is 89.4 Å². The summed E-state index contributed by atoms with van der Waals surface area (Å²) in [5.74, 6) is 0. The van der Waals surface area contributed by atoms with Gasteiger partial charge in [-0.1, -0.05) is 173 Å². The molecule has 2 nitrogen and oxygen atoms in total. The van der Waals surface area contributed by atoms with Gasteiger partial charge in [0.25, 0.3) is 0 Å². The Labute approximate surface area is 390 Å². The quantitative estimate of drug-likeness (QED) is 0.145. The number of hydrogen-bond acceptors (Lipinski definition) is 2. The van der Waals surface area contributed by atoms with Crippen LogP contribution in [-0.4, -0.2) is 0 Å². The van der Waals surface area contributed by atoms with Crippen LogP contribution in [0.15, 0.2) is 199 Å². The molecule has 2 heteroatoms. The van der Waals surface area contributed by atoms with Crippen LogP contribution in [0.2, 0.25) is 0 Å². The van der Waals surface area contributed by atoms with Crippen molar-refractivity contribution in [1.82, 2.24) is 0 Å². The standard InChI is InChI=1S/C55H43NO/c1-7-17-51-36(4)46-33-32-43(34-52(46)55(51,5)6)56(41-28-24-38(25-29-41)37-18-12-10-13-19-37)42-30-26-40(27-31-42)47-22-16-23-48-50-35-49(39-20-14-11-15-21-39)44(8-2)45(9-3)53(50)57-54(47)48/h7-35H,1-4H2,5-6H3/b51-17+/i1D,2D,3D,4D,5D3,6D3,7D,8D,9D,10D,11D,12D,13D,14D,15D,16D,17D,18D,19D,20D,21D,22D,23D,24D,25D,26D,27D,28D,29D,30D,31D,32D,33D,34D,35D/b7-1?,8-2?,9-3?,36-4?,51-17+.